The van der Waals surface area contributed by atoms with Gasteiger partial charge in [-0.1, -0.05) is 24.1 Å². The molecule has 1 N–H and O–H groups in total. The lowest BCUT2D eigenvalue weighted by Gasteiger charge is -2.03. The van der Waals surface area contributed by atoms with Gasteiger partial charge < -0.3 is 9.84 Å². The van der Waals surface area contributed by atoms with Crippen LogP contribution in [0.3, 0.4) is 0 Å². The first-order valence-corrected chi connectivity index (χ1v) is 6.83. The molecule has 0 aliphatic rings. The third kappa shape index (κ3) is 3.92. The number of thiazole rings is 1. The Kier molecular flexibility index (Phi) is 4.88. The summed E-state index contributed by atoms with van der Waals surface area (Å²) in [5.74, 6) is 1.54. The van der Waals surface area contributed by atoms with Gasteiger partial charge in [0.2, 0.25) is 0 Å². The van der Waals surface area contributed by atoms with E-state index in [4.69, 9.17) is 16.3 Å². The highest BCUT2D eigenvalue weighted by Gasteiger charge is 2.08. The summed E-state index contributed by atoms with van der Waals surface area (Å²) in [7, 11) is 0. The first-order valence-electron chi connectivity index (χ1n) is 5.96. The molecule has 0 bridgehead atoms. The number of hydrogen-bond donors (Lipinski definition) is 1. The molecule has 2 rings (SSSR count). The second kappa shape index (κ2) is 6.85. The molecule has 102 valence electrons. The van der Waals surface area contributed by atoms with Gasteiger partial charge in [-0.05, 0) is 11.6 Å². The van der Waals surface area contributed by atoms with Crippen molar-refractivity contribution in [3.63, 3.8) is 0 Å². The zero-order valence-corrected chi connectivity index (χ0v) is 11.5. The van der Waals surface area contributed by atoms with Gasteiger partial charge in [0.05, 0.1) is 18.7 Å². The highest BCUT2D eigenvalue weighted by atomic mass is 32.1. The molecular formula is C15H13NO3S. The molecule has 4 nitrogen and oxygen atoms in total. The SMILES string of the molecule is C#CCOCc1cccc(-c2nc(CC(=O)O)cs2)c1. The summed E-state index contributed by atoms with van der Waals surface area (Å²) >= 11 is 1.43. The van der Waals surface area contributed by atoms with E-state index in [1.54, 1.807) is 5.38 Å². The van der Waals surface area contributed by atoms with Crippen molar-refractivity contribution in [1.82, 2.24) is 4.98 Å². The van der Waals surface area contributed by atoms with Gasteiger partial charge in [-0.3, -0.25) is 4.79 Å². The number of carboxylic acids is 1. The van der Waals surface area contributed by atoms with Gasteiger partial charge in [-0.15, -0.1) is 17.8 Å². The van der Waals surface area contributed by atoms with Gasteiger partial charge in [-0.25, -0.2) is 4.98 Å². The van der Waals surface area contributed by atoms with Crippen molar-refractivity contribution >= 4 is 17.3 Å². The van der Waals surface area contributed by atoms with Crippen LogP contribution in [0.15, 0.2) is 29.6 Å². The Morgan fingerprint density at radius 3 is 3.10 bits per heavy atom. The summed E-state index contributed by atoms with van der Waals surface area (Å²) in [5.41, 5.74) is 2.53. The predicted molar refractivity (Wildman–Crippen MR) is 77.4 cm³/mol. The van der Waals surface area contributed by atoms with Gasteiger partial charge in [0.15, 0.2) is 0 Å². The molecule has 0 saturated heterocycles. The molecule has 0 radical (unpaired) electrons. The van der Waals surface area contributed by atoms with E-state index in [9.17, 15) is 4.79 Å². The van der Waals surface area contributed by atoms with Crippen molar-refractivity contribution in [3.05, 3.63) is 40.9 Å². The van der Waals surface area contributed by atoms with Crippen molar-refractivity contribution in [3.8, 4) is 22.9 Å². The van der Waals surface area contributed by atoms with Crippen LogP contribution in [0, 0.1) is 12.3 Å². The average molecular weight is 287 g/mol. The Bertz CT molecular complexity index is 643. The van der Waals surface area contributed by atoms with E-state index >= 15 is 0 Å². The number of terminal acetylenes is 1. The standard InChI is InChI=1S/C15H13NO3S/c1-2-6-19-9-11-4-3-5-12(7-11)15-16-13(10-20-15)8-14(17)18/h1,3-5,7,10H,6,8-9H2,(H,17,18). The fraction of sp³-hybridized carbons (Fsp3) is 0.200. The molecule has 0 atom stereocenters. The number of nitrogens with zero attached hydrogens (tertiary/aromatic N) is 1. The van der Waals surface area contributed by atoms with Crippen LogP contribution in [0.1, 0.15) is 11.3 Å². The molecule has 0 aliphatic carbocycles. The van der Waals surface area contributed by atoms with Gasteiger partial charge >= 0.3 is 5.97 Å². The lowest BCUT2D eigenvalue weighted by Crippen LogP contribution is -1.99. The van der Waals surface area contributed by atoms with Crippen LogP contribution in [0.4, 0.5) is 0 Å². The third-order valence-corrected chi connectivity index (χ3v) is 3.45. The van der Waals surface area contributed by atoms with E-state index in [0.717, 1.165) is 16.1 Å². The summed E-state index contributed by atoms with van der Waals surface area (Å²) in [6, 6.07) is 7.78. The normalized spacial score (nSPS) is 10.2. The topological polar surface area (TPSA) is 59.4 Å². The summed E-state index contributed by atoms with van der Waals surface area (Å²) in [4.78, 5) is 15.0. The Labute approximate surface area is 121 Å². The van der Waals surface area contributed by atoms with Crippen LogP contribution in [-0.4, -0.2) is 22.7 Å². The highest BCUT2D eigenvalue weighted by molar-refractivity contribution is 7.13. The molecule has 5 heteroatoms. The molecule has 1 aromatic heterocycles. The molecule has 0 saturated carbocycles. The molecule has 2 aromatic rings. The Hall–Kier alpha value is -2.16. The monoisotopic (exact) mass is 287 g/mol. The highest BCUT2D eigenvalue weighted by Crippen LogP contribution is 2.25. The fourth-order valence-corrected chi connectivity index (χ4v) is 2.51. The molecule has 0 unspecified atom stereocenters. The molecule has 0 spiro atoms. The fourth-order valence-electron chi connectivity index (χ4n) is 1.70. The first kappa shape index (κ1) is 14.3. The number of hydrogen-bond acceptors (Lipinski definition) is 4. The van der Waals surface area contributed by atoms with Crippen molar-refractivity contribution < 1.29 is 14.6 Å². The largest absolute Gasteiger partial charge is 0.481 e. The first-order chi connectivity index (χ1) is 9.69. The van der Waals surface area contributed by atoms with Crippen LogP contribution < -0.4 is 0 Å². The van der Waals surface area contributed by atoms with E-state index in [1.165, 1.54) is 11.3 Å². The van der Waals surface area contributed by atoms with Crippen molar-refractivity contribution in [2.24, 2.45) is 0 Å². The number of aromatic nitrogens is 1. The van der Waals surface area contributed by atoms with E-state index < -0.39 is 5.97 Å². The molecule has 0 amide bonds. The van der Waals surface area contributed by atoms with Crippen LogP contribution in [0.2, 0.25) is 0 Å². The number of ether oxygens (including phenoxy) is 1. The maximum absolute atomic E-state index is 10.6. The predicted octanol–water partition coefficient (Wildman–Crippen LogP) is 2.59. The Balaban J connectivity index is 2.12. The minimum absolute atomic E-state index is 0.0541. The van der Waals surface area contributed by atoms with E-state index in [1.807, 2.05) is 24.3 Å². The van der Waals surface area contributed by atoms with E-state index in [-0.39, 0.29) is 13.0 Å². The van der Waals surface area contributed by atoms with Crippen LogP contribution >= 0.6 is 11.3 Å². The summed E-state index contributed by atoms with van der Waals surface area (Å²) in [6.45, 7) is 0.732. The van der Waals surface area contributed by atoms with Gasteiger partial charge in [-0.2, -0.15) is 0 Å². The number of benzene rings is 1. The number of aliphatic carboxylic acids is 1. The second-order valence-corrected chi connectivity index (χ2v) is 4.97. The smallest absolute Gasteiger partial charge is 0.309 e. The molecule has 20 heavy (non-hydrogen) atoms. The number of rotatable bonds is 6. The minimum Gasteiger partial charge on any atom is -0.481 e. The summed E-state index contributed by atoms with van der Waals surface area (Å²) in [5, 5.41) is 11.3. The number of carboxylic acid groups (broad SMARTS) is 1. The summed E-state index contributed by atoms with van der Waals surface area (Å²) in [6.07, 6.45) is 5.07. The van der Waals surface area contributed by atoms with Crippen molar-refractivity contribution in [2.45, 2.75) is 13.0 Å². The molecule has 1 aromatic carbocycles. The average Bonchev–Trinajstić information content (AvgIpc) is 2.87. The quantitative estimate of drug-likeness (QED) is 0.655. The minimum atomic E-state index is -0.877. The molecule has 0 aliphatic heterocycles. The zero-order valence-electron chi connectivity index (χ0n) is 10.7. The van der Waals surface area contributed by atoms with Crippen molar-refractivity contribution in [2.75, 3.05) is 6.61 Å². The second-order valence-electron chi connectivity index (χ2n) is 4.11. The van der Waals surface area contributed by atoms with E-state index in [0.29, 0.717) is 12.3 Å². The lowest BCUT2D eigenvalue weighted by molar-refractivity contribution is -0.136. The lowest BCUT2D eigenvalue weighted by atomic mass is 10.1. The van der Waals surface area contributed by atoms with Crippen molar-refractivity contribution in [1.29, 1.82) is 0 Å². The Morgan fingerprint density at radius 1 is 1.50 bits per heavy atom. The van der Waals surface area contributed by atoms with Gasteiger partial charge in [0, 0.05) is 10.9 Å². The maximum Gasteiger partial charge on any atom is 0.309 e. The summed E-state index contributed by atoms with van der Waals surface area (Å²) < 4.78 is 5.29. The third-order valence-electron chi connectivity index (χ3n) is 2.51. The van der Waals surface area contributed by atoms with Crippen LogP contribution in [-0.2, 0) is 22.6 Å². The molecular weight excluding hydrogens is 274 g/mol. The Morgan fingerprint density at radius 2 is 2.35 bits per heavy atom. The van der Waals surface area contributed by atoms with Gasteiger partial charge in [0.25, 0.3) is 0 Å². The maximum atomic E-state index is 10.6. The van der Waals surface area contributed by atoms with Crippen LogP contribution in [0.25, 0.3) is 10.6 Å². The zero-order chi connectivity index (χ0) is 14.4. The molecule has 1 heterocycles. The van der Waals surface area contributed by atoms with Gasteiger partial charge in [0.1, 0.15) is 11.6 Å². The number of carbonyl (C=O) groups is 1. The molecule has 0 fully saturated rings. The van der Waals surface area contributed by atoms with E-state index in [2.05, 4.69) is 10.9 Å². The van der Waals surface area contributed by atoms with Crippen LogP contribution in [0.5, 0.6) is 0 Å².